The van der Waals surface area contributed by atoms with Gasteiger partial charge in [0.1, 0.15) is 0 Å². The highest BCUT2D eigenvalue weighted by atomic mass is 16.4. The third-order valence-electron chi connectivity index (χ3n) is 3.30. The Kier molecular flexibility index (Phi) is 3.23. The van der Waals surface area contributed by atoms with E-state index in [0.29, 0.717) is 0 Å². The van der Waals surface area contributed by atoms with Crippen molar-refractivity contribution in [2.45, 2.75) is 57.0 Å². The van der Waals surface area contributed by atoms with Crippen molar-refractivity contribution in [2.75, 3.05) is 0 Å². The second kappa shape index (κ2) is 4.64. The number of carboxylic acids is 1. The predicted molar refractivity (Wildman–Crippen MR) is 58.1 cm³/mol. The second-order valence-electron chi connectivity index (χ2n) is 4.45. The number of carboxylic acid groups (broad SMARTS) is 1. The summed E-state index contributed by atoms with van der Waals surface area (Å²) in [5.41, 5.74) is 0. The van der Waals surface area contributed by atoms with Crippen LogP contribution in [0.1, 0.15) is 44.9 Å². The third kappa shape index (κ3) is 2.49. The molecule has 2 unspecified atom stereocenters. The zero-order valence-corrected chi connectivity index (χ0v) is 8.91. The van der Waals surface area contributed by atoms with Crippen molar-refractivity contribution >= 4 is 11.8 Å². The molecule has 2 N–H and O–H groups in total. The van der Waals surface area contributed by atoms with Crippen LogP contribution in [-0.4, -0.2) is 29.0 Å². The zero-order chi connectivity index (χ0) is 10.7. The molecule has 0 bridgehead atoms. The Labute approximate surface area is 89.8 Å². The van der Waals surface area contributed by atoms with E-state index in [9.17, 15) is 4.79 Å². The first-order chi connectivity index (χ1) is 7.27. The number of nitrogens with zero attached hydrogens (tertiary/aromatic N) is 1. The maximum absolute atomic E-state index is 10.8. The molecule has 2 rings (SSSR count). The quantitative estimate of drug-likeness (QED) is 0.690. The molecule has 4 heteroatoms. The molecule has 1 saturated carbocycles. The minimum Gasteiger partial charge on any atom is -0.475 e. The van der Waals surface area contributed by atoms with E-state index in [2.05, 4.69) is 10.3 Å². The fraction of sp³-hybridized carbons (Fsp3) is 0.818. The minimum absolute atomic E-state index is 0.172. The Hall–Kier alpha value is -1.06. The van der Waals surface area contributed by atoms with Crippen LogP contribution in [0.3, 0.4) is 0 Å². The van der Waals surface area contributed by atoms with E-state index in [4.69, 9.17) is 5.11 Å². The molecule has 84 valence electrons. The molecule has 0 aromatic carbocycles. The zero-order valence-electron chi connectivity index (χ0n) is 8.91. The molecule has 0 radical (unpaired) electrons. The van der Waals surface area contributed by atoms with Gasteiger partial charge in [0.2, 0.25) is 5.84 Å². The van der Waals surface area contributed by atoms with Gasteiger partial charge in [-0.05, 0) is 12.8 Å². The van der Waals surface area contributed by atoms with E-state index in [1.807, 2.05) is 0 Å². The van der Waals surface area contributed by atoms with Gasteiger partial charge < -0.3 is 10.4 Å². The minimum atomic E-state index is -0.917. The van der Waals surface area contributed by atoms with Crippen LogP contribution >= 0.6 is 0 Å². The Balaban J connectivity index is 2.01. The lowest BCUT2D eigenvalue weighted by atomic mass is 10.0. The van der Waals surface area contributed by atoms with Gasteiger partial charge in [-0.1, -0.05) is 32.1 Å². The van der Waals surface area contributed by atoms with Crippen molar-refractivity contribution in [3.8, 4) is 0 Å². The Morgan fingerprint density at radius 2 is 1.87 bits per heavy atom. The molecule has 0 aromatic rings. The van der Waals surface area contributed by atoms with Gasteiger partial charge >= 0.3 is 5.97 Å². The standard InChI is InChI=1S/C11H18N2O2/c14-11(15)10-12-8-6-4-2-1-3-5-7-9(8)13-10/h8-9H,1-7H2,(H,12,13)(H,14,15). The van der Waals surface area contributed by atoms with Gasteiger partial charge in [0.15, 0.2) is 0 Å². The Bertz CT molecular complexity index is 276. The second-order valence-corrected chi connectivity index (χ2v) is 4.45. The van der Waals surface area contributed by atoms with Crippen LogP contribution in [0.2, 0.25) is 0 Å². The maximum Gasteiger partial charge on any atom is 0.371 e. The van der Waals surface area contributed by atoms with E-state index in [1.165, 1.54) is 32.1 Å². The van der Waals surface area contributed by atoms with Crippen molar-refractivity contribution in [2.24, 2.45) is 4.99 Å². The number of amidine groups is 1. The molecule has 0 aromatic heterocycles. The largest absolute Gasteiger partial charge is 0.475 e. The molecule has 15 heavy (non-hydrogen) atoms. The number of hydrogen-bond acceptors (Lipinski definition) is 3. The monoisotopic (exact) mass is 210 g/mol. The normalized spacial score (nSPS) is 31.6. The Morgan fingerprint density at radius 3 is 2.60 bits per heavy atom. The van der Waals surface area contributed by atoms with Crippen LogP contribution < -0.4 is 5.32 Å². The summed E-state index contributed by atoms with van der Waals surface area (Å²) in [6, 6.07) is 0.475. The first kappa shape index (κ1) is 10.5. The fourth-order valence-corrected chi connectivity index (χ4v) is 2.46. The fourth-order valence-electron chi connectivity index (χ4n) is 2.46. The summed E-state index contributed by atoms with van der Waals surface area (Å²) in [6.45, 7) is 0. The molecule has 1 aliphatic carbocycles. The van der Waals surface area contributed by atoms with E-state index in [0.717, 1.165) is 12.8 Å². The number of rotatable bonds is 1. The van der Waals surface area contributed by atoms with E-state index < -0.39 is 5.97 Å². The van der Waals surface area contributed by atoms with E-state index in [-0.39, 0.29) is 17.9 Å². The van der Waals surface area contributed by atoms with Crippen LogP contribution in [0.25, 0.3) is 0 Å². The molecule has 0 saturated heterocycles. The number of hydrogen-bond donors (Lipinski definition) is 2. The molecule has 1 aliphatic heterocycles. The average molecular weight is 210 g/mol. The first-order valence-corrected chi connectivity index (χ1v) is 5.85. The molecule has 2 atom stereocenters. The lowest BCUT2D eigenvalue weighted by Crippen LogP contribution is -2.37. The number of aliphatic carboxylic acids is 1. The first-order valence-electron chi connectivity index (χ1n) is 5.85. The highest BCUT2D eigenvalue weighted by Gasteiger charge is 2.30. The summed E-state index contributed by atoms with van der Waals surface area (Å²) in [5.74, 6) is -0.745. The van der Waals surface area contributed by atoms with Crippen LogP contribution in [-0.2, 0) is 4.79 Å². The van der Waals surface area contributed by atoms with Gasteiger partial charge in [-0.2, -0.15) is 0 Å². The van der Waals surface area contributed by atoms with Crippen molar-refractivity contribution in [1.29, 1.82) is 0 Å². The van der Waals surface area contributed by atoms with Crippen molar-refractivity contribution in [3.05, 3.63) is 0 Å². The summed E-state index contributed by atoms with van der Waals surface area (Å²) in [4.78, 5) is 15.1. The lowest BCUT2D eigenvalue weighted by molar-refractivity contribution is -0.129. The van der Waals surface area contributed by atoms with Crippen LogP contribution in [0, 0.1) is 0 Å². The molecule has 0 amide bonds. The topological polar surface area (TPSA) is 61.7 Å². The maximum atomic E-state index is 10.8. The van der Waals surface area contributed by atoms with Crippen molar-refractivity contribution < 1.29 is 9.90 Å². The summed E-state index contributed by atoms with van der Waals surface area (Å²) >= 11 is 0. The number of carbonyl (C=O) groups is 1. The van der Waals surface area contributed by atoms with Gasteiger partial charge in [-0.3, -0.25) is 4.99 Å². The molecule has 1 fully saturated rings. The molecular formula is C11H18N2O2. The number of aliphatic imine (C=N–C) groups is 1. The summed E-state index contributed by atoms with van der Waals surface area (Å²) < 4.78 is 0. The number of fused-ring (bicyclic) bond motifs is 1. The molecular weight excluding hydrogens is 192 g/mol. The van der Waals surface area contributed by atoms with Crippen LogP contribution in [0.5, 0.6) is 0 Å². The van der Waals surface area contributed by atoms with Gasteiger partial charge in [0.05, 0.1) is 12.1 Å². The average Bonchev–Trinajstić information content (AvgIpc) is 2.61. The van der Waals surface area contributed by atoms with Crippen LogP contribution in [0.4, 0.5) is 0 Å². The van der Waals surface area contributed by atoms with Crippen molar-refractivity contribution in [3.63, 3.8) is 0 Å². The molecule has 4 nitrogen and oxygen atoms in total. The molecule has 1 heterocycles. The van der Waals surface area contributed by atoms with Gasteiger partial charge in [0, 0.05) is 0 Å². The number of nitrogens with one attached hydrogen (secondary N) is 1. The molecule has 0 spiro atoms. The van der Waals surface area contributed by atoms with E-state index in [1.54, 1.807) is 0 Å². The summed E-state index contributed by atoms with van der Waals surface area (Å²) in [7, 11) is 0. The van der Waals surface area contributed by atoms with Gasteiger partial charge in [0.25, 0.3) is 0 Å². The smallest absolute Gasteiger partial charge is 0.371 e. The summed E-state index contributed by atoms with van der Waals surface area (Å²) in [5, 5.41) is 11.9. The summed E-state index contributed by atoms with van der Waals surface area (Å²) in [6.07, 6.45) is 8.32. The van der Waals surface area contributed by atoms with Crippen LogP contribution in [0.15, 0.2) is 4.99 Å². The van der Waals surface area contributed by atoms with Gasteiger partial charge in [-0.25, -0.2) is 4.79 Å². The SMILES string of the molecule is O=C(O)C1=NC2CCCCCCCC2N1. The van der Waals surface area contributed by atoms with Gasteiger partial charge in [-0.15, -0.1) is 0 Å². The predicted octanol–water partition coefficient (Wildman–Crippen LogP) is 1.55. The highest BCUT2D eigenvalue weighted by molar-refractivity contribution is 6.35. The Morgan fingerprint density at radius 1 is 1.20 bits per heavy atom. The van der Waals surface area contributed by atoms with E-state index >= 15 is 0 Å². The third-order valence-corrected chi connectivity index (χ3v) is 3.30. The molecule has 2 aliphatic rings. The van der Waals surface area contributed by atoms with Crippen molar-refractivity contribution in [1.82, 2.24) is 5.32 Å². The lowest BCUT2D eigenvalue weighted by Gasteiger charge is -2.16. The highest BCUT2D eigenvalue weighted by Crippen LogP contribution is 2.22.